The Hall–Kier alpha value is -2.67. The maximum atomic E-state index is 13.8. The zero-order valence-electron chi connectivity index (χ0n) is 14.1. The molecule has 0 bridgehead atoms. The number of aryl methyl sites for hydroxylation is 1. The van der Waals surface area contributed by atoms with E-state index < -0.39 is 0 Å². The number of nitrogens with zero attached hydrogens (tertiary/aromatic N) is 2. The second-order valence-electron chi connectivity index (χ2n) is 6.55. The molecule has 3 rings (SSSR count). The molecule has 1 atom stereocenters. The SMILES string of the molecule is N#Cc1ccccc1C(=O)N1CCC[C@H](CCc2ccccc2F)C1. The van der Waals surface area contributed by atoms with Crippen molar-refractivity contribution in [1.29, 1.82) is 5.26 Å². The number of carbonyl (C=O) groups is 1. The number of hydrogen-bond acceptors (Lipinski definition) is 2. The van der Waals surface area contributed by atoms with Gasteiger partial charge in [-0.15, -0.1) is 0 Å². The number of rotatable bonds is 4. The fraction of sp³-hybridized carbons (Fsp3) is 0.333. The quantitative estimate of drug-likeness (QED) is 0.840. The summed E-state index contributed by atoms with van der Waals surface area (Å²) >= 11 is 0. The Labute approximate surface area is 147 Å². The Morgan fingerprint density at radius 2 is 1.96 bits per heavy atom. The van der Waals surface area contributed by atoms with Crippen molar-refractivity contribution in [2.45, 2.75) is 25.7 Å². The van der Waals surface area contributed by atoms with Gasteiger partial charge in [-0.25, -0.2) is 4.39 Å². The predicted molar refractivity (Wildman–Crippen MR) is 94.5 cm³/mol. The molecule has 0 spiro atoms. The highest BCUT2D eigenvalue weighted by Gasteiger charge is 2.25. The Kier molecular flexibility index (Phi) is 5.45. The van der Waals surface area contributed by atoms with Gasteiger partial charge in [0.2, 0.25) is 0 Å². The van der Waals surface area contributed by atoms with Gasteiger partial charge in [0.15, 0.2) is 0 Å². The van der Waals surface area contributed by atoms with E-state index in [4.69, 9.17) is 0 Å². The summed E-state index contributed by atoms with van der Waals surface area (Å²) < 4.78 is 13.8. The first-order chi connectivity index (χ1) is 12.2. The second-order valence-corrected chi connectivity index (χ2v) is 6.55. The van der Waals surface area contributed by atoms with E-state index in [1.807, 2.05) is 17.0 Å². The smallest absolute Gasteiger partial charge is 0.255 e. The molecule has 25 heavy (non-hydrogen) atoms. The summed E-state index contributed by atoms with van der Waals surface area (Å²) in [6.45, 7) is 1.39. The van der Waals surface area contributed by atoms with Gasteiger partial charge in [-0.1, -0.05) is 30.3 Å². The van der Waals surface area contributed by atoms with Gasteiger partial charge in [-0.05, 0) is 55.4 Å². The van der Waals surface area contributed by atoms with Crippen LogP contribution in [0.15, 0.2) is 48.5 Å². The topological polar surface area (TPSA) is 44.1 Å². The van der Waals surface area contributed by atoms with Crippen molar-refractivity contribution < 1.29 is 9.18 Å². The average Bonchev–Trinajstić information content (AvgIpc) is 2.67. The van der Waals surface area contributed by atoms with E-state index in [1.54, 1.807) is 30.3 Å². The summed E-state index contributed by atoms with van der Waals surface area (Å²) in [5.41, 5.74) is 1.63. The van der Waals surface area contributed by atoms with Crippen LogP contribution in [0.1, 0.15) is 40.7 Å². The Bertz CT molecular complexity index is 796. The fourth-order valence-corrected chi connectivity index (χ4v) is 3.48. The zero-order valence-corrected chi connectivity index (χ0v) is 14.1. The van der Waals surface area contributed by atoms with Crippen molar-refractivity contribution in [3.05, 3.63) is 71.0 Å². The van der Waals surface area contributed by atoms with Crippen LogP contribution < -0.4 is 0 Å². The first-order valence-electron chi connectivity index (χ1n) is 8.71. The molecule has 1 aliphatic heterocycles. The lowest BCUT2D eigenvalue weighted by atomic mass is 9.91. The zero-order chi connectivity index (χ0) is 17.6. The maximum Gasteiger partial charge on any atom is 0.255 e. The normalized spacial score (nSPS) is 17.1. The third kappa shape index (κ3) is 4.06. The summed E-state index contributed by atoms with van der Waals surface area (Å²) in [5.74, 6) is 0.133. The van der Waals surface area contributed by atoms with E-state index in [0.29, 0.717) is 30.0 Å². The highest BCUT2D eigenvalue weighted by Crippen LogP contribution is 2.24. The van der Waals surface area contributed by atoms with Crippen LogP contribution in [0.2, 0.25) is 0 Å². The maximum absolute atomic E-state index is 13.8. The van der Waals surface area contributed by atoms with E-state index in [2.05, 4.69) is 6.07 Å². The summed E-state index contributed by atoms with van der Waals surface area (Å²) in [6, 6.07) is 15.9. The molecule has 1 aliphatic rings. The van der Waals surface area contributed by atoms with Crippen molar-refractivity contribution in [1.82, 2.24) is 4.90 Å². The minimum atomic E-state index is -0.158. The number of hydrogen-bond donors (Lipinski definition) is 0. The highest BCUT2D eigenvalue weighted by molar-refractivity contribution is 5.96. The summed E-state index contributed by atoms with van der Waals surface area (Å²) in [4.78, 5) is 14.6. The van der Waals surface area contributed by atoms with Crippen molar-refractivity contribution >= 4 is 5.91 Å². The van der Waals surface area contributed by atoms with E-state index in [-0.39, 0.29) is 11.7 Å². The summed E-state index contributed by atoms with van der Waals surface area (Å²) in [6.07, 6.45) is 3.55. The molecule has 0 saturated carbocycles. The molecule has 1 amide bonds. The largest absolute Gasteiger partial charge is 0.338 e. The minimum Gasteiger partial charge on any atom is -0.338 e. The van der Waals surface area contributed by atoms with Crippen molar-refractivity contribution in [2.24, 2.45) is 5.92 Å². The third-order valence-electron chi connectivity index (χ3n) is 4.86. The number of carbonyl (C=O) groups excluding carboxylic acids is 1. The molecule has 0 unspecified atom stereocenters. The number of amides is 1. The van der Waals surface area contributed by atoms with Crippen molar-refractivity contribution in [3.63, 3.8) is 0 Å². The minimum absolute atomic E-state index is 0.0762. The van der Waals surface area contributed by atoms with Crippen LogP contribution in [0.3, 0.4) is 0 Å². The summed E-state index contributed by atoms with van der Waals surface area (Å²) in [7, 11) is 0. The van der Waals surface area contributed by atoms with Crippen molar-refractivity contribution in [2.75, 3.05) is 13.1 Å². The molecular formula is C21H21FN2O. The van der Waals surface area contributed by atoms with Gasteiger partial charge in [0.05, 0.1) is 17.2 Å². The van der Waals surface area contributed by atoms with Crippen LogP contribution in [0.5, 0.6) is 0 Å². The van der Waals surface area contributed by atoms with E-state index >= 15 is 0 Å². The molecule has 1 fully saturated rings. The standard InChI is InChI=1S/C21H21FN2O/c22-20-10-4-2-7-17(20)12-11-16-6-5-13-24(15-16)21(25)19-9-3-1-8-18(19)14-23/h1-4,7-10,16H,5-6,11-13,15H2/t16-/m1/s1. The first-order valence-corrected chi connectivity index (χ1v) is 8.71. The molecule has 3 nitrogen and oxygen atoms in total. The lowest BCUT2D eigenvalue weighted by Crippen LogP contribution is -2.40. The van der Waals surface area contributed by atoms with Crippen LogP contribution in [0.25, 0.3) is 0 Å². The summed E-state index contributed by atoms with van der Waals surface area (Å²) in [5, 5.41) is 9.20. The van der Waals surface area contributed by atoms with Crippen LogP contribution in [-0.4, -0.2) is 23.9 Å². The molecule has 0 N–H and O–H groups in total. The number of likely N-dealkylation sites (tertiary alicyclic amines) is 1. The van der Waals surface area contributed by atoms with Gasteiger partial charge in [0.25, 0.3) is 5.91 Å². The van der Waals surface area contributed by atoms with Crippen LogP contribution in [-0.2, 0) is 6.42 Å². The molecule has 0 aliphatic carbocycles. The number of nitriles is 1. The molecule has 2 aromatic rings. The van der Waals surface area contributed by atoms with Crippen LogP contribution >= 0.6 is 0 Å². The molecular weight excluding hydrogens is 315 g/mol. The van der Waals surface area contributed by atoms with Gasteiger partial charge >= 0.3 is 0 Å². The molecule has 1 saturated heterocycles. The molecule has 4 heteroatoms. The molecule has 128 valence electrons. The van der Waals surface area contributed by atoms with Crippen LogP contribution in [0.4, 0.5) is 4.39 Å². The van der Waals surface area contributed by atoms with Gasteiger partial charge in [0, 0.05) is 13.1 Å². The Morgan fingerprint density at radius 3 is 2.76 bits per heavy atom. The monoisotopic (exact) mass is 336 g/mol. The third-order valence-corrected chi connectivity index (χ3v) is 4.86. The lowest BCUT2D eigenvalue weighted by Gasteiger charge is -2.33. The van der Waals surface area contributed by atoms with Crippen molar-refractivity contribution in [3.8, 4) is 6.07 Å². The number of benzene rings is 2. The van der Waals surface area contributed by atoms with E-state index in [9.17, 15) is 14.4 Å². The Balaban J connectivity index is 1.64. The lowest BCUT2D eigenvalue weighted by molar-refractivity contribution is 0.0668. The highest BCUT2D eigenvalue weighted by atomic mass is 19.1. The van der Waals surface area contributed by atoms with Gasteiger partial charge in [0.1, 0.15) is 5.82 Å². The van der Waals surface area contributed by atoms with Crippen LogP contribution in [0, 0.1) is 23.1 Å². The van der Waals surface area contributed by atoms with Gasteiger partial charge in [-0.2, -0.15) is 5.26 Å². The van der Waals surface area contributed by atoms with Gasteiger partial charge in [-0.3, -0.25) is 4.79 Å². The second kappa shape index (κ2) is 7.94. The molecule has 1 heterocycles. The number of halogens is 1. The molecule has 0 radical (unpaired) electrons. The Morgan fingerprint density at radius 1 is 1.20 bits per heavy atom. The number of piperidine rings is 1. The van der Waals surface area contributed by atoms with E-state index in [1.165, 1.54) is 6.07 Å². The predicted octanol–water partition coefficient (Wildman–Crippen LogP) is 4.18. The molecule has 0 aromatic heterocycles. The van der Waals surface area contributed by atoms with Gasteiger partial charge < -0.3 is 4.90 Å². The molecule has 2 aromatic carbocycles. The average molecular weight is 336 g/mol. The first kappa shape index (κ1) is 17.2. The fourth-order valence-electron chi connectivity index (χ4n) is 3.48. The van der Waals surface area contributed by atoms with E-state index in [0.717, 1.165) is 31.4 Å².